The number of ether oxygens (including phenoxy) is 1. The minimum absolute atomic E-state index is 0. The molecule has 2 N–H and O–H groups in total. The second-order valence-electron chi connectivity index (χ2n) is 10.3. The number of hydrogen-bond acceptors (Lipinski definition) is 6. The van der Waals surface area contributed by atoms with Gasteiger partial charge in [-0.25, -0.2) is 9.97 Å². The van der Waals surface area contributed by atoms with Gasteiger partial charge in [0.1, 0.15) is 17.9 Å². The number of nitrogens with zero attached hydrogens (tertiary/aromatic N) is 4. The smallest absolute Gasteiger partial charge is 0.251 e. The lowest BCUT2D eigenvalue weighted by molar-refractivity contribution is -0.122. The molecular formula is C34H34Cl6N6O4. The van der Waals surface area contributed by atoms with Gasteiger partial charge >= 0.3 is 0 Å². The summed E-state index contributed by atoms with van der Waals surface area (Å²) in [6.45, 7) is 1.67. The molecule has 2 heterocycles. The van der Waals surface area contributed by atoms with Gasteiger partial charge in [0.2, 0.25) is 11.8 Å². The summed E-state index contributed by atoms with van der Waals surface area (Å²) in [6, 6.07) is 17.7. The Morgan fingerprint density at radius 2 is 1.72 bits per heavy atom. The van der Waals surface area contributed by atoms with Crippen molar-refractivity contribution in [3.8, 4) is 11.4 Å². The van der Waals surface area contributed by atoms with E-state index in [4.69, 9.17) is 32.9 Å². The summed E-state index contributed by atoms with van der Waals surface area (Å²) in [5.41, 5.74) is 4.54. The molecule has 0 saturated carbocycles. The van der Waals surface area contributed by atoms with E-state index in [0.717, 1.165) is 22.3 Å². The number of likely N-dealkylation sites (N-methyl/N-ethyl adjacent to an activating group) is 1. The zero-order valence-electron chi connectivity index (χ0n) is 26.9. The molecule has 50 heavy (non-hydrogen) atoms. The third-order valence-electron chi connectivity index (χ3n) is 7.21. The molecule has 0 unspecified atom stereocenters. The number of imidazole rings is 1. The van der Waals surface area contributed by atoms with Gasteiger partial charge in [-0.05, 0) is 55.0 Å². The highest BCUT2D eigenvalue weighted by Crippen LogP contribution is 2.36. The van der Waals surface area contributed by atoms with Crippen LogP contribution in [-0.4, -0.2) is 52.9 Å². The Bertz CT molecular complexity index is 1960. The number of halogens is 6. The zero-order valence-corrected chi connectivity index (χ0v) is 31.7. The molecule has 0 aliphatic rings. The lowest BCUT2D eigenvalue weighted by atomic mass is 10.1. The molecule has 16 heteroatoms. The fraction of sp³-hybridized carbons (Fsp3) is 0.147. The van der Waals surface area contributed by atoms with Crippen LogP contribution in [-0.2, 0) is 16.2 Å². The lowest BCUT2D eigenvalue weighted by Gasteiger charge is -2.21. The van der Waals surface area contributed by atoms with Crippen LogP contribution in [0.4, 0.5) is 5.69 Å². The van der Waals surface area contributed by atoms with Gasteiger partial charge in [0.25, 0.3) is 5.91 Å². The van der Waals surface area contributed by atoms with Crippen molar-refractivity contribution in [1.82, 2.24) is 25.2 Å². The highest BCUT2D eigenvalue weighted by atomic mass is 35.5. The third kappa shape index (κ3) is 10.3. The molecule has 0 fully saturated rings. The van der Waals surface area contributed by atoms with Crippen molar-refractivity contribution in [2.75, 3.05) is 25.5 Å². The van der Waals surface area contributed by atoms with Crippen molar-refractivity contribution >= 4 is 113 Å². The summed E-state index contributed by atoms with van der Waals surface area (Å²) in [5.74, 6) is -0.506. The quantitative estimate of drug-likeness (QED) is 0.142. The number of para-hydroxylation sites is 1. The number of aryl methyl sites for hydroxylation is 1. The molecule has 0 spiro atoms. The normalized spacial score (nSPS) is 10.2. The van der Waals surface area contributed by atoms with Gasteiger partial charge in [-0.3, -0.25) is 14.4 Å². The van der Waals surface area contributed by atoms with Crippen molar-refractivity contribution in [2.24, 2.45) is 0 Å². The molecule has 0 aliphatic carbocycles. The monoisotopic (exact) mass is 800 g/mol. The lowest BCUT2D eigenvalue weighted by Crippen LogP contribution is -2.37. The molecule has 5 rings (SSSR count). The molecule has 5 aromatic rings. The van der Waals surface area contributed by atoms with E-state index in [1.165, 1.54) is 11.0 Å². The van der Waals surface area contributed by atoms with Crippen LogP contribution in [0.15, 0.2) is 85.5 Å². The van der Waals surface area contributed by atoms with E-state index in [1.54, 1.807) is 69.1 Å². The molecule has 3 amide bonds. The maximum Gasteiger partial charge on any atom is 0.251 e. The van der Waals surface area contributed by atoms with Crippen LogP contribution in [0.5, 0.6) is 5.75 Å². The summed E-state index contributed by atoms with van der Waals surface area (Å²) < 4.78 is 8.13. The summed E-state index contributed by atoms with van der Waals surface area (Å²) in [6.07, 6.45) is 8.20. The second-order valence-corrected chi connectivity index (χ2v) is 11.0. The van der Waals surface area contributed by atoms with Gasteiger partial charge in [-0.15, -0.1) is 49.6 Å². The van der Waals surface area contributed by atoms with Crippen LogP contribution in [0.1, 0.15) is 27.2 Å². The Morgan fingerprint density at radius 1 is 1.00 bits per heavy atom. The van der Waals surface area contributed by atoms with Gasteiger partial charge < -0.3 is 24.8 Å². The van der Waals surface area contributed by atoms with Crippen molar-refractivity contribution in [3.05, 3.63) is 118 Å². The van der Waals surface area contributed by atoms with Gasteiger partial charge in [-0.2, -0.15) is 0 Å². The zero-order chi connectivity index (χ0) is 32.8. The average molecular weight is 803 g/mol. The number of hydrogen-bond donors (Lipinski definition) is 2. The molecule has 0 saturated heterocycles. The average Bonchev–Trinajstić information content (AvgIpc) is 3.60. The summed E-state index contributed by atoms with van der Waals surface area (Å²) >= 11 is 13.3. The predicted octanol–water partition coefficient (Wildman–Crippen LogP) is 7.45. The van der Waals surface area contributed by atoms with Crippen LogP contribution in [0.25, 0.3) is 22.7 Å². The third-order valence-corrected chi connectivity index (χ3v) is 7.98. The van der Waals surface area contributed by atoms with Crippen LogP contribution < -0.4 is 20.3 Å². The van der Waals surface area contributed by atoms with Crippen LogP contribution in [0.2, 0.25) is 10.0 Å². The fourth-order valence-corrected chi connectivity index (χ4v) is 5.33. The van der Waals surface area contributed by atoms with E-state index in [-0.39, 0.29) is 73.7 Å². The second kappa shape index (κ2) is 20.0. The fourth-order valence-electron chi connectivity index (χ4n) is 4.72. The number of nitrogens with one attached hydrogen (secondary N) is 2. The van der Waals surface area contributed by atoms with Crippen molar-refractivity contribution in [1.29, 1.82) is 0 Å². The maximum absolute atomic E-state index is 13.0. The molecule has 2 aromatic heterocycles. The number of aromatic nitrogens is 3. The maximum atomic E-state index is 13.0. The highest BCUT2D eigenvalue weighted by molar-refractivity contribution is 6.38. The van der Waals surface area contributed by atoms with Crippen molar-refractivity contribution in [3.63, 3.8) is 0 Å². The first-order valence-corrected chi connectivity index (χ1v) is 14.9. The van der Waals surface area contributed by atoms with E-state index in [9.17, 15) is 14.4 Å². The predicted molar refractivity (Wildman–Crippen MR) is 209 cm³/mol. The standard InChI is InChI=1S/C34H30Cl2N6O4.4ClH/c1-21-17-28(42-16-15-38-20-42)24-5-4-6-29(33(24)40-21)46-19-25-26(35)12-13-27(32(25)36)41(3)31(44)18-39-30(43)14-9-22-7-10-23(11-8-22)34(45)37-2;;;;/h4-17,20H,18-19H2,1-3H3,(H,37,45)(H,39,43);4*1H/b14-9+;;;;. The van der Waals surface area contributed by atoms with E-state index >= 15 is 0 Å². The van der Waals surface area contributed by atoms with Gasteiger partial charge in [-0.1, -0.05) is 47.5 Å². The first kappa shape index (κ1) is 44.0. The Morgan fingerprint density at radius 3 is 2.38 bits per heavy atom. The number of amides is 3. The summed E-state index contributed by atoms with van der Waals surface area (Å²) in [5, 5.41) is 6.64. The van der Waals surface area contributed by atoms with Gasteiger partial charge in [0.05, 0.1) is 29.3 Å². The highest BCUT2D eigenvalue weighted by Gasteiger charge is 2.20. The van der Waals surface area contributed by atoms with Gasteiger partial charge in [0, 0.05) is 59.8 Å². The molecular weight excluding hydrogens is 769 g/mol. The number of fused-ring (bicyclic) bond motifs is 1. The number of carbonyl (C=O) groups excluding carboxylic acids is 3. The molecule has 0 radical (unpaired) electrons. The van der Waals surface area contributed by atoms with Gasteiger partial charge in [0.15, 0.2) is 0 Å². The number of carbonyl (C=O) groups is 3. The minimum Gasteiger partial charge on any atom is -0.487 e. The number of anilines is 1. The van der Waals surface area contributed by atoms with E-state index in [2.05, 4.69) is 15.6 Å². The molecule has 10 nitrogen and oxygen atoms in total. The number of rotatable bonds is 10. The molecule has 0 bridgehead atoms. The molecule has 0 aliphatic heterocycles. The van der Waals surface area contributed by atoms with Crippen molar-refractivity contribution < 1.29 is 19.1 Å². The number of benzene rings is 3. The largest absolute Gasteiger partial charge is 0.487 e. The molecule has 0 atom stereocenters. The molecule has 266 valence electrons. The van der Waals surface area contributed by atoms with E-state index in [0.29, 0.717) is 33.1 Å². The Balaban J connectivity index is 0.00000312. The first-order valence-electron chi connectivity index (χ1n) is 14.2. The van der Waals surface area contributed by atoms with Crippen LogP contribution >= 0.6 is 72.8 Å². The van der Waals surface area contributed by atoms with Crippen LogP contribution in [0, 0.1) is 6.92 Å². The van der Waals surface area contributed by atoms with E-state index < -0.39 is 11.8 Å². The summed E-state index contributed by atoms with van der Waals surface area (Å²) in [7, 11) is 3.12. The Kier molecular flexibility index (Phi) is 17.6. The molecule has 3 aromatic carbocycles. The SMILES string of the molecule is CNC(=O)c1ccc(/C=C/C(=O)NCC(=O)N(C)c2ccc(Cl)c(COc3cccc4c(-n5ccnc5)cc(C)nc34)c2Cl)cc1.Cl.Cl.Cl.Cl. The van der Waals surface area contributed by atoms with Crippen molar-refractivity contribution in [2.45, 2.75) is 13.5 Å². The minimum atomic E-state index is -0.455. The topological polar surface area (TPSA) is 118 Å². The first-order chi connectivity index (χ1) is 22.2. The van der Waals surface area contributed by atoms with E-state index in [1.807, 2.05) is 42.0 Å². The summed E-state index contributed by atoms with van der Waals surface area (Å²) in [4.78, 5) is 47.3. The Labute approximate surface area is 324 Å². The number of pyridine rings is 1. The van der Waals surface area contributed by atoms with Crippen LogP contribution in [0.3, 0.4) is 0 Å². The Hall–Kier alpha value is -4.03.